The molecule has 1 saturated heterocycles. The highest BCUT2D eigenvalue weighted by molar-refractivity contribution is 5.81. The van der Waals surface area contributed by atoms with Crippen LogP contribution >= 0.6 is 0 Å². The zero-order chi connectivity index (χ0) is 15.9. The summed E-state index contributed by atoms with van der Waals surface area (Å²) in [6, 6.07) is 0.186. The molecule has 5 heteroatoms. The molecule has 2 aliphatic rings. The van der Waals surface area contributed by atoms with Crippen LogP contribution in [0.4, 0.5) is 4.79 Å². The summed E-state index contributed by atoms with van der Waals surface area (Å²) in [5, 5.41) is 6.10. The summed E-state index contributed by atoms with van der Waals surface area (Å²) in [5.74, 6) is 0.110. The fourth-order valence-electron chi connectivity index (χ4n) is 3.64. The highest BCUT2D eigenvalue weighted by Crippen LogP contribution is 2.29. The van der Waals surface area contributed by atoms with E-state index in [2.05, 4.69) is 10.6 Å². The number of rotatable bonds is 1. The normalized spacial score (nSPS) is 27.6. The topological polar surface area (TPSA) is 61.4 Å². The number of nitrogens with one attached hydrogen (secondary N) is 2. The third-order valence-electron chi connectivity index (χ3n) is 4.76. The van der Waals surface area contributed by atoms with Gasteiger partial charge < -0.3 is 15.5 Å². The van der Waals surface area contributed by atoms with Crippen molar-refractivity contribution >= 4 is 11.9 Å². The fraction of sp³-hybridized carbons (Fsp3) is 0.882. The van der Waals surface area contributed by atoms with E-state index in [1.165, 1.54) is 0 Å². The Bertz CT molecular complexity index is 384. The Labute approximate surface area is 134 Å². The Hall–Kier alpha value is -1.26. The van der Waals surface area contributed by atoms with E-state index >= 15 is 0 Å². The summed E-state index contributed by atoms with van der Waals surface area (Å²) in [4.78, 5) is 27.1. The van der Waals surface area contributed by atoms with E-state index < -0.39 is 0 Å². The van der Waals surface area contributed by atoms with Gasteiger partial charge in [-0.25, -0.2) is 4.79 Å². The molecule has 3 amide bonds. The van der Waals surface area contributed by atoms with Crippen molar-refractivity contribution in [1.82, 2.24) is 15.5 Å². The highest BCUT2D eigenvalue weighted by Gasteiger charge is 2.37. The number of hydrogen-bond donors (Lipinski definition) is 2. The molecule has 0 aromatic heterocycles. The SMILES string of the molecule is CC(C)NC(=O)N1CCCCCCNC(=O)C2CCCCC21. The van der Waals surface area contributed by atoms with Crippen molar-refractivity contribution in [3.8, 4) is 0 Å². The van der Waals surface area contributed by atoms with E-state index in [1.54, 1.807) is 0 Å². The Morgan fingerprint density at radius 2 is 1.86 bits per heavy atom. The first-order valence-electron chi connectivity index (χ1n) is 8.94. The van der Waals surface area contributed by atoms with Gasteiger partial charge in [0.15, 0.2) is 0 Å². The first-order chi connectivity index (χ1) is 10.6. The molecule has 2 atom stereocenters. The molecule has 1 aliphatic carbocycles. The van der Waals surface area contributed by atoms with Gasteiger partial charge in [-0.1, -0.05) is 25.7 Å². The smallest absolute Gasteiger partial charge is 0.317 e. The number of nitrogens with zero attached hydrogens (tertiary/aromatic N) is 1. The molecular weight excluding hydrogens is 278 g/mol. The second-order valence-electron chi connectivity index (χ2n) is 6.96. The first kappa shape index (κ1) is 17.1. The van der Waals surface area contributed by atoms with Crippen molar-refractivity contribution in [3.63, 3.8) is 0 Å². The van der Waals surface area contributed by atoms with Crippen molar-refractivity contribution in [3.05, 3.63) is 0 Å². The van der Waals surface area contributed by atoms with Gasteiger partial charge in [-0.15, -0.1) is 0 Å². The van der Waals surface area contributed by atoms with E-state index in [4.69, 9.17) is 0 Å². The Balaban J connectivity index is 2.16. The van der Waals surface area contributed by atoms with Crippen LogP contribution in [0.1, 0.15) is 65.2 Å². The third kappa shape index (κ3) is 4.62. The van der Waals surface area contributed by atoms with Crippen LogP contribution in [0.15, 0.2) is 0 Å². The van der Waals surface area contributed by atoms with Gasteiger partial charge in [-0.3, -0.25) is 4.79 Å². The van der Waals surface area contributed by atoms with Gasteiger partial charge >= 0.3 is 6.03 Å². The predicted molar refractivity (Wildman–Crippen MR) is 87.6 cm³/mol. The van der Waals surface area contributed by atoms with Crippen LogP contribution in [-0.2, 0) is 4.79 Å². The molecule has 2 unspecified atom stereocenters. The number of amides is 3. The third-order valence-corrected chi connectivity index (χ3v) is 4.76. The molecule has 0 aromatic rings. The van der Waals surface area contributed by atoms with E-state index in [-0.39, 0.29) is 29.9 Å². The summed E-state index contributed by atoms with van der Waals surface area (Å²) in [6.45, 7) is 5.51. The molecule has 0 spiro atoms. The molecule has 2 fully saturated rings. The second-order valence-corrected chi connectivity index (χ2v) is 6.96. The van der Waals surface area contributed by atoms with Crippen molar-refractivity contribution in [2.45, 2.75) is 77.3 Å². The fourth-order valence-corrected chi connectivity index (χ4v) is 3.64. The number of fused-ring (bicyclic) bond motifs is 1. The summed E-state index contributed by atoms with van der Waals surface area (Å²) in [5.41, 5.74) is 0. The van der Waals surface area contributed by atoms with Crippen molar-refractivity contribution in [2.24, 2.45) is 5.92 Å². The molecule has 0 bridgehead atoms. The Morgan fingerprint density at radius 3 is 2.64 bits per heavy atom. The monoisotopic (exact) mass is 309 g/mol. The Kier molecular flexibility index (Phi) is 6.52. The quantitative estimate of drug-likeness (QED) is 0.782. The van der Waals surface area contributed by atoms with Gasteiger partial charge in [0, 0.05) is 25.2 Å². The van der Waals surface area contributed by atoms with Crippen LogP contribution in [-0.4, -0.2) is 42.0 Å². The molecule has 0 aromatic carbocycles. The van der Waals surface area contributed by atoms with Crippen LogP contribution < -0.4 is 10.6 Å². The van der Waals surface area contributed by atoms with Gasteiger partial charge in [0.25, 0.3) is 0 Å². The van der Waals surface area contributed by atoms with Gasteiger partial charge in [0.2, 0.25) is 5.91 Å². The number of hydrogen-bond acceptors (Lipinski definition) is 2. The first-order valence-corrected chi connectivity index (χ1v) is 8.94. The van der Waals surface area contributed by atoms with Crippen LogP contribution in [0, 0.1) is 5.92 Å². The molecule has 2 N–H and O–H groups in total. The van der Waals surface area contributed by atoms with Gasteiger partial charge in [-0.2, -0.15) is 0 Å². The molecule has 1 heterocycles. The summed E-state index contributed by atoms with van der Waals surface area (Å²) >= 11 is 0. The summed E-state index contributed by atoms with van der Waals surface area (Å²) in [7, 11) is 0. The molecular formula is C17H31N3O2. The van der Waals surface area contributed by atoms with Crippen LogP contribution in [0.3, 0.4) is 0 Å². The maximum atomic E-state index is 12.6. The van der Waals surface area contributed by atoms with E-state index in [1.807, 2.05) is 18.7 Å². The van der Waals surface area contributed by atoms with Crippen molar-refractivity contribution < 1.29 is 9.59 Å². The molecule has 1 saturated carbocycles. The molecule has 5 nitrogen and oxygen atoms in total. The van der Waals surface area contributed by atoms with Gasteiger partial charge in [0.05, 0.1) is 5.92 Å². The zero-order valence-electron chi connectivity index (χ0n) is 14.1. The maximum absolute atomic E-state index is 12.6. The molecule has 126 valence electrons. The van der Waals surface area contributed by atoms with Crippen LogP contribution in [0.2, 0.25) is 0 Å². The standard InChI is InChI=1S/C17H31N3O2/c1-13(2)19-17(22)20-12-8-4-3-7-11-18-16(21)14-9-5-6-10-15(14)20/h13-15H,3-12H2,1-2H3,(H,18,21)(H,19,22). The highest BCUT2D eigenvalue weighted by atomic mass is 16.2. The zero-order valence-corrected chi connectivity index (χ0v) is 14.1. The lowest BCUT2D eigenvalue weighted by molar-refractivity contribution is -0.127. The molecule has 2 rings (SSSR count). The number of carbonyl (C=O) groups excluding carboxylic acids is 2. The van der Waals surface area contributed by atoms with Crippen LogP contribution in [0.25, 0.3) is 0 Å². The maximum Gasteiger partial charge on any atom is 0.317 e. The van der Waals surface area contributed by atoms with Crippen molar-refractivity contribution in [2.75, 3.05) is 13.1 Å². The minimum Gasteiger partial charge on any atom is -0.356 e. The van der Waals surface area contributed by atoms with E-state index in [0.717, 1.165) is 64.5 Å². The van der Waals surface area contributed by atoms with Gasteiger partial charge in [0.1, 0.15) is 0 Å². The molecule has 22 heavy (non-hydrogen) atoms. The second kappa shape index (κ2) is 8.39. The minimum atomic E-state index is -0.0373. The van der Waals surface area contributed by atoms with Crippen LogP contribution in [0.5, 0.6) is 0 Å². The number of carbonyl (C=O) groups is 2. The van der Waals surface area contributed by atoms with E-state index in [0.29, 0.717) is 0 Å². The molecule has 0 radical (unpaired) electrons. The summed E-state index contributed by atoms with van der Waals surface area (Å²) < 4.78 is 0. The lowest BCUT2D eigenvalue weighted by Crippen LogP contribution is -2.54. The molecule has 1 aliphatic heterocycles. The lowest BCUT2D eigenvalue weighted by Gasteiger charge is -2.39. The van der Waals surface area contributed by atoms with E-state index in [9.17, 15) is 9.59 Å². The number of urea groups is 1. The van der Waals surface area contributed by atoms with Gasteiger partial charge in [-0.05, 0) is 39.5 Å². The lowest BCUT2D eigenvalue weighted by atomic mass is 9.82. The average molecular weight is 309 g/mol. The Morgan fingerprint density at radius 1 is 1.14 bits per heavy atom. The predicted octanol–water partition coefficient (Wildman–Crippen LogP) is 2.66. The summed E-state index contributed by atoms with van der Waals surface area (Å²) in [6.07, 6.45) is 8.37. The average Bonchev–Trinajstić information content (AvgIpc) is 2.51. The largest absolute Gasteiger partial charge is 0.356 e. The minimum absolute atomic E-state index is 0.000975. The van der Waals surface area contributed by atoms with Crippen molar-refractivity contribution in [1.29, 1.82) is 0 Å².